The number of hydrogen-bond donors (Lipinski definition) is 0. The van der Waals surface area contributed by atoms with Crippen LogP contribution in [0.25, 0.3) is 27.8 Å². The highest BCUT2D eigenvalue weighted by molar-refractivity contribution is 7.15. The van der Waals surface area contributed by atoms with Crippen molar-refractivity contribution in [2.45, 2.75) is 13.8 Å². The first kappa shape index (κ1) is 20.5. The van der Waals surface area contributed by atoms with Crippen molar-refractivity contribution in [3.63, 3.8) is 0 Å². The molecule has 3 heterocycles. The number of imidazole rings is 1. The van der Waals surface area contributed by atoms with E-state index in [0.717, 1.165) is 28.0 Å². The summed E-state index contributed by atoms with van der Waals surface area (Å²) in [5, 5.41) is 0.511. The van der Waals surface area contributed by atoms with Crippen LogP contribution in [-0.4, -0.2) is 27.0 Å². The minimum absolute atomic E-state index is 0.0887. The van der Waals surface area contributed by atoms with Gasteiger partial charge in [-0.05, 0) is 61.9 Å². The standard InChI is InChI=1S/C24H18ClN3O3S/c1-13-10-16(14(2)27(13)20-11-15(23(30)31-3)8-9-17(20)25)12-21-22(29)28-19-7-5-4-6-18(19)26-24(28)32-21/h4-12H,1-3H3/b21-12-. The van der Waals surface area contributed by atoms with Crippen LogP contribution in [0, 0.1) is 13.8 Å². The lowest BCUT2D eigenvalue weighted by Crippen LogP contribution is -2.22. The Bertz CT molecular complexity index is 1640. The van der Waals surface area contributed by atoms with Gasteiger partial charge in [-0.3, -0.25) is 4.79 Å². The van der Waals surface area contributed by atoms with Crippen LogP contribution in [0.3, 0.4) is 0 Å². The average molecular weight is 464 g/mol. The second-order valence-electron chi connectivity index (χ2n) is 7.45. The van der Waals surface area contributed by atoms with Crippen molar-refractivity contribution in [3.8, 4) is 5.69 Å². The molecule has 5 rings (SSSR count). The quantitative estimate of drug-likeness (QED) is 0.374. The van der Waals surface area contributed by atoms with Crippen LogP contribution in [0.2, 0.25) is 5.02 Å². The maximum atomic E-state index is 13.1. The van der Waals surface area contributed by atoms with Gasteiger partial charge in [-0.2, -0.15) is 0 Å². The van der Waals surface area contributed by atoms with E-state index >= 15 is 0 Å². The van der Waals surface area contributed by atoms with E-state index in [1.165, 1.54) is 18.4 Å². The topological polar surface area (TPSA) is 65.6 Å². The Hall–Kier alpha value is -3.42. The molecule has 8 heteroatoms. The summed E-state index contributed by atoms with van der Waals surface area (Å²) in [6, 6.07) is 14.6. The molecule has 0 unspecified atom stereocenters. The van der Waals surface area contributed by atoms with E-state index in [1.807, 2.05) is 54.8 Å². The number of aromatic nitrogens is 3. The Morgan fingerprint density at radius 2 is 1.94 bits per heavy atom. The second kappa shape index (κ2) is 7.62. The highest BCUT2D eigenvalue weighted by Crippen LogP contribution is 2.28. The number of halogens is 1. The highest BCUT2D eigenvalue weighted by Gasteiger charge is 2.16. The number of carbonyl (C=O) groups is 1. The number of aryl methyl sites for hydroxylation is 1. The predicted molar refractivity (Wildman–Crippen MR) is 127 cm³/mol. The van der Waals surface area contributed by atoms with Crippen molar-refractivity contribution in [1.29, 1.82) is 0 Å². The number of para-hydroxylation sites is 2. The maximum absolute atomic E-state index is 13.1. The van der Waals surface area contributed by atoms with Crippen LogP contribution >= 0.6 is 22.9 Å². The molecular weight excluding hydrogens is 446 g/mol. The Balaban J connectivity index is 1.68. The van der Waals surface area contributed by atoms with Crippen LogP contribution < -0.4 is 10.1 Å². The lowest BCUT2D eigenvalue weighted by molar-refractivity contribution is 0.0600. The molecule has 0 aliphatic carbocycles. The molecule has 3 aromatic heterocycles. The number of fused-ring (bicyclic) bond motifs is 3. The molecule has 2 aromatic carbocycles. The minimum atomic E-state index is -0.428. The smallest absolute Gasteiger partial charge is 0.337 e. The van der Waals surface area contributed by atoms with Crippen molar-refractivity contribution in [3.05, 3.63) is 91.0 Å². The molecule has 0 radical (unpaired) electrons. The number of methoxy groups -OCH3 is 1. The SMILES string of the molecule is COC(=O)c1ccc(Cl)c(-n2c(C)cc(/C=c3\sc4nc5ccccc5n4c3=O)c2C)c1. The molecular formula is C24H18ClN3O3S. The van der Waals surface area contributed by atoms with Gasteiger partial charge in [0.15, 0.2) is 4.96 Å². The van der Waals surface area contributed by atoms with Crippen molar-refractivity contribution in [2.24, 2.45) is 0 Å². The number of thiazole rings is 1. The first-order valence-electron chi connectivity index (χ1n) is 9.88. The van der Waals surface area contributed by atoms with E-state index in [2.05, 4.69) is 4.98 Å². The van der Waals surface area contributed by atoms with Gasteiger partial charge in [0, 0.05) is 11.4 Å². The number of esters is 1. The third kappa shape index (κ3) is 3.13. The Morgan fingerprint density at radius 1 is 1.16 bits per heavy atom. The Labute approximate surface area is 191 Å². The summed E-state index contributed by atoms with van der Waals surface area (Å²) in [5.74, 6) is -0.428. The van der Waals surface area contributed by atoms with Gasteiger partial charge in [0.1, 0.15) is 0 Å². The summed E-state index contributed by atoms with van der Waals surface area (Å²) >= 11 is 7.83. The summed E-state index contributed by atoms with van der Waals surface area (Å²) in [7, 11) is 1.34. The maximum Gasteiger partial charge on any atom is 0.337 e. The molecule has 0 fully saturated rings. The molecule has 0 atom stereocenters. The summed E-state index contributed by atoms with van der Waals surface area (Å²) in [6.07, 6.45) is 1.88. The van der Waals surface area contributed by atoms with Crippen molar-refractivity contribution >= 4 is 51.0 Å². The van der Waals surface area contributed by atoms with Gasteiger partial charge in [0.2, 0.25) is 0 Å². The number of carbonyl (C=O) groups excluding carboxylic acids is 1. The van der Waals surface area contributed by atoms with E-state index in [9.17, 15) is 9.59 Å². The summed E-state index contributed by atoms with van der Waals surface area (Å²) in [4.78, 5) is 30.3. The van der Waals surface area contributed by atoms with Gasteiger partial charge in [0.25, 0.3) is 5.56 Å². The molecule has 0 aliphatic rings. The van der Waals surface area contributed by atoms with Gasteiger partial charge >= 0.3 is 5.97 Å². The molecule has 160 valence electrons. The Morgan fingerprint density at radius 3 is 2.72 bits per heavy atom. The van der Waals surface area contributed by atoms with Crippen LogP contribution in [0.1, 0.15) is 27.3 Å². The van der Waals surface area contributed by atoms with E-state index in [4.69, 9.17) is 16.3 Å². The van der Waals surface area contributed by atoms with E-state index in [-0.39, 0.29) is 5.56 Å². The highest BCUT2D eigenvalue weighted by atomic mass is 35.5. The third-order valence-electron chi connectivity index (χ3n) is 5.51. The monoisotopic (exact) mass is 463 g/mol. The fraction of sp³-hybridized carbons (Fsp3) is 0.125. The summed E-state index contributed by atoms with van der Waals surface area (Å²) < 4.78 is 9.07. The summed E-state index contributed by atoms with van der Waals surface area (Å²) in [5.41, 5.74) is 5.35. The molecule has 0 aliphatic heterocycles. The van der Waals surface area contributed by atoms with Gasteiger partial charge in [-0.15, -0.1) is 0 Å². The van der Waals surface area contributed by atoms with Gasteiger partial charge in [-0.1, -0.05) is 35.1 Å². The lowest BCUT2D eigenvalue weighted by Gasteiger charge is -2.13. The third-order valence-corrected chi connectivity index (χ3v) is 6.80. The van der Waals surface area contributed by atoms with Crippen molar-refractivity contribution in [2.75, 3.05) is 7.11 Å². The van der Waals surface area contributed by atoms with Gasteiger partial charge in [-0.25, -0.2) is 14.2 Å². The van der Waals surface area contributed by atoms with Crippen molar-refractivity contribution in [1.82, 2.24) is 14.0 Å². The molecule has 0 bridgehead atoms. The van der Waals surface area contributed by atoms with E-state index in [1.54, 1.807) is 22.6 Å². The molecule has 5 aromatic rings. The molecule has 0 amide bonds. The molecule has 32 heavy (non-hydrogen) atoms. The van der Waals surface area contributed by atoms with Gasteiger partial charge in [0.05, 0.1) is 38.9 Å². The fourth-order valence-electron chi connectivity index (χ4n) is 3.99. The van der Waals surface area contributed by atoms with E-state index < -0.39 is 5.97 Å². The number of ether oxygens (including phenoxy) is 1. The normalized spacial score (nSPS) is 12.2. The van der Waals surface area contributed by atoms with Gasteiger partial charge < -0.3 is 9.30 Å². The summed E-state index contributed by atoms with van der Waals surface area (Å²) in [6.45, 7) is 3.91. The van der Waals surface area contributed by atoms with E-state index in [0.29, 0.717) is 25.8 Å². The zero-order valence-electron chi connectivity index (χ0n) is 17.5. The second-order valence-corrected chi connectivity index (χ2v) is 8.87. The first-order valence-corrected chi connectivity index (χ1v) is 11.1. The zero-order valence-corrected chi connectivity index (χ0v) is 19.1. The Kier molecular flexibility index (Phi) is 4.87. The van der Waals surface area contributed by atoms with Crippen LogP contribution in [0.15, 0.2) is 53.3 Å². The van der Waals surface area contributed by atoms with Crippen LogP contribution in [0.4, 0.5) is 0 Å². The predicted octanol–water partition coefficient (Wildman–Crippen LogP) is 4.30. The molecule has 6 nitrogen and oxygen atoms in total. The lowest BCUT2D eigenvalue weighted by atomic mass is 10.2. The molecule has 0 saturated heterocycles. The van der Waals surface area contributed by atoms with Crippen LogP contribution in [-0.2, 0) is 4.74 Å². The van der Waals surface area contributed by atoms with Crippen molar-refractivity contribution < 1.29 is 9.53 Å². The average Bonchev–Trinajstić information content (AvgIpc) is 3.39. The first-order chi connectivity index (χ1) is 15.4. The number of hydrogen-bond acceptors (Lipinski definition) is 5. The molecule has 0 N–H and O–H groups in total. The molecule has 0 spiro atoms. The minimum Gasteiger partial charge on any atom is -0.465 e. The zero-order chi connectivity index (χ0) is 22.6. The number of nitrogens with zero attached hydrogens (tertiary/aromatic N) is 3. The number of rotatable bonds is 3. The number of benzene rings is 2. The fourth-order valence-corrected chi connectivity index (χ4v) is 5.17. The molecule has 0 saturated carbocycles. The largest absolute Gasteiger partial charge is 0.465 e. The van der Waals surface area contributed by atoms with Crippen LogP contribution in [0.5, 0.6) is 0 Å².